The van der Waals surface area contributed by atoms with Crippen LogP contribution < -0.4 is 22.4 Å². The fourth-order valence-corrected chi connectivity index (χ4v) is 0.0991. The summed E-state index contributed by atoms with van der Waals surface area (Å²) >= 11 is 0. The monoisotopic (exact) mass is 110 g/mol. The summed E-state index contributed by atoms with van der Waals surface area (Å²) in [6, 6.07) is 0. The Kier molecular flexibility index (Phi) is 2.71. The van der Waals surface area contributed by atoms with Crippen LogP contribution in [-0.2, 0) is 4.94 Å². The lowest BCUT2D eigenvalue weighted by atomic mass is 12.5. The Morgan fingerprint density at radius 1 is 1.14 bits per heavy atom. The minimum atomic E-state index is -1.19. The quantitative estimate of drug-likeness (QED) is 0.210. The molecular formula is H6N4O3. The summed E-state index contributed by atoms with van der Waals surface area (Å²) in [4.78, 5) is 3.53. The highest BCUT2D eigenvalue weighted by atomic mass is 17.1. The van der Waals surface area contributed by atoms with Gasteiger partial charge in [-0.15, -0.1) is 11.7 Å². The van der Waals surface area contributed by atoms with Crippen molar-refractivity contribution in [2.45, 2.75) is 0 Å². The lowest BCUT2D eigenvalue weighted by Gasteiger charge is -2.14. The van der Waals surface area contributed by atoms with Crippen molar-refractivity contribution in [2.75, 3.05) is 0 Å². The van der Waals surface area contributed by atoms with Crippen LogP contribution in [0.5, 0.6) is 0 Å². The van der Waals surface area contributed by atoms with Gasteiger partial charge in [-0.1, -0.05) is 10.7 Å². The van der Waals surface area contributed by atoms with Crippen LogP contribution in [0, 0.1) is 10.4 Å². The van der Waals surface area contributed by atoms with E-state index < -0.39 is 10.7 Å². The van der Waals surface area contributed by atoms with E-state index in [1.807, 2.05) is 0 Å². The van der Waals surface area contributed by atoms with Gasteiger partial charge in [-0.3, -0.25) is 0 Å². The minimum absolute atomic E-state index is 1.19. The number of quaternary nitrogens is 2. The van der Waals surface area contributed by atoms with Gasteiger partial charge in [0.2, 0.25) is 0 Å². The molecule has 0 fully saturated rings. The Morgan fingerprint density at radius 2 is 1.43 bits per heavy atom. The predicted octanol–water partition coefficient (Wildman–Crippen LogP) is -4.65. The van der Waals surface area contributed by atoms with Crippen LogP contribution in [0.4, 0.5) is 0 Å². The molecule has 7 heteroatoms. The molecule has 0 spiro atoms. The van der Waals surface area contributed by atoms with Crippen molar-refractivity contribution in [1.29, 1.82) is 0 Å². The number of rotatable bonds is 2. The lowest BCUT2D eigenvalue weighted by molar-refractivity contribution is -1.32. The molecular weight excluding hydrogens is 104 g/mol. The molecule has 2 atom stereocenters. The first-order valence-electron chi connectivity index (χ1n) is 1.39. The van der Waals surface area contributed by atoms with Crippen molar-refractivity contribution in [1.82, 2.24) is 0 Å². The van der Waals surface area contributed by atoms with Crippen LogP contribution in [0.15, 0.2) is 0 Å². The van der Waals surface area contributed by atoms with Gasteiger partial charge in [0, 0.05) is 4.94 Å². The summed E-state index contributed by atoms with van der Waals surface area (Å²) in [6.45, 7) is 0. The number of hydrogen-bond acceptors (Lipinski definition) is 5. The second-order valence-corrected chi connectivity index (χ2v) is 0.740. The summed E-state index contributed by atoms with van der Waals surface area (Å²) in [5.41, 5.74) is 0. The lowest BCUT2D eigenvalue weighted by Crippen LogP contribution is -3.30. The van der Waals surface area contributed by atoms with Crippen LogP contribution in [0.3, 0.4) is 0 Å². The average molecular weight is 110 g/mol. The highest BCUT2D eigenvalue weighted by molar-refractivity contribution is 3.79. The molecule has 0 aromatic carbocycles. The fraction of sp³-hybridized carbons (Fsp3) is 0. The molecule has 0 amide bonds. The van der Waals surface area contributed by atoms with Crippen molar-refractivity contribution in [3.05, 3.63) is 10.4 Å². The Labute approximate surface area is 39.0 Å². The standard InChI is InChI=1S/H6N4O3/c1-3(5)7-4(2)6/h3-4H,1-2H2. The van der Waals surface area contributed by atoms with Crippen LogP contribution in [0.25, 0.3) is 0 Å². The van der Waals surface area contributed by atoms with Gasteiger partial charge in [0.1, 0.15) is 0 Å². The van der Waals surface area contributed by atoms with E-state index >= 15 is 0 Å². The maximum absolute atomic E-state index is 9.51. The van der Waals surface area contributed by atoms with E-state index in [4.69, 9.17) is 0 Å². The fourth-order valence-electron chi connectivity index (χ4n) is 0.0991. The zero-order valence-electron chi connectivity index (χ0n) is 3.38. The SMILES string of the molecule is N[NH+]([O-])O[NH+](N)[O-]. The highest BCUT2D eigenvalue weighted by Gasteiger charge is 1.89. The second kappa shape index (κ2) is 2.82. The van der Waals surface area contributed by atoms with E-state index in [2.05, 4.69) is 16.6 Å². The number of nitrogens with one attached hydrogen (secondary N) is 2. The molecule has 0 bridgehead atoms. The molecule has 0 radical (unpaired) electrons. The summed E-state index contributed by atoms with van der Waals surface area (Å²) in [6.07, 6.45) is 0. The first kappa shape index (κ1) is 6.72. The maximum atomic E-state index is 9.51. The van der Waals surface area contributed by atoms with Gasteiger partial charge in [0.05, 0.1) is 0 Å². The predicted molar refractivity (Wildman–Crippen MR) is 18.1 cm³/mol. The van der Waals surface area contributed by atoms with Crippen molar-refractivity contribution in [3.8, 4) is 0 Å². The molecule has 0 aromatic heterocycles. The van der Waals surface area contributed by atoms with Crippen LogP contribution >= 0.6 is 0 Å². The largest absolute Gasteiger partial charge is 0.575 e. The average Bonchev–Trinajstić information content (AvgIpc) is 1.27. The van der Waals surface area contributed by atoms with Gasteiger partial charge in [-0.2, -0.15) is 0 Å². The first-order chi connectivity index (χ1) is 3.13. The van der Waals surface area contributed by atoms with Gasteiger partial charge in [0.15, 0.2) is 0 Å². The third kappa shape index (κ3) is 5.72. The molecule has 0 heterocycles. The molecule has 44 valence electrons. The molecule has 0 aliphatic rings. The molecule has 2 unspecified atom stereocenters. The topological polar surface area (TPSA) is 116 Å². The van der Waals surface area contributed by atoms with Crippen molar-refractivity contribution >= 4 is 0 Å². The summed E-state index contributed by atoms with van der Waals surface area (Å²) in [5.74, 6) is 8.66. The highest BCUT2D eigenvalue weighted by Crippen LogP contribution is 1.12. The number of hydrogen-bond donors (Lipinski definition) is 4. The Balaban J connectivity index is 2.95. The van der Waals surface area contributed by atoms with E-state index in [1.54, 1.807) is 0 Å². The van der Waals surface area contributed by atoms with Crippen LogP contribution in [0.2, 0.25) is 0 Å². The summed E-state index contributed by atoms with van der Waals surface area (Å²) in [7, 11) is 0. The first-order valence-corrected chi connectivity index (χ1v) is 1.39. The molecule has 0 saturated heterocycles. The minimum Gasteiger partial charge on any atom is -0.575 e. The van der Waals surface area contributed by atoms with E-state index in [1.165, 1.54) is 0 Å². The molecule has 7 nitrogen and oxygen atoms in total. The molecule has 0 saturated carbocycles. The van der Waals surface area contributed by atoms with E-state index in [-0.39, 0.29) is 0 Å². The Hall–Kier alpha value is -0.280. The second-order valence-electron chi connectivity index (χ2n) is 0.740. The van der Waals surface area contributed by atoms with Crippen molar-refractivity contribution < 1.29 is 15.6 Å². The van der Waals surface area contributed by atoms with Crippen molar-refractivity contribution in [3.63, 3.8) is 0 Å². The smallest absolute Gasteiger partial charge is 0.0331 e. The third-order valence-electron chi connectivity index (χ3n) is 0.201. The summed E-state index contributed by atoms with van der Waals surface area (Å²) < 4.78 is 0. The van der Waals surface area contributed by atoms with E-state index in [0.717, 1.165) is 0 Å². The van der Waals surface area contributed by atoms with Gasteiger partial charge in [-0.05, 0) is 0 Å². The summed E-state index contributed by atoms with van der Waals surface area (Å²) in [5, 5.41) is 16.6. The van der Waals surface area contributed by atoms with Gasteiger partial charge in [-0.25, -0.2) is 0 Å². The van der Waals surface area contributed by atoms with Crippen LogP contribution in [-0.4, -0.2) is 0 Å². The van der Waals surface area contributed by atoms with Gasteiger partial charge < -0.3 is 10.4 Å². The maximum Gasteiger partial charge on any atom is 0.0331 e. The van der Waals surface area contributed by atoms with Crippen LogP contribution in [0.1, 0.15) is 0 Å². The van der Waals surface area contributed by atoms with Gasteiger partial charge in [0.25, 0.3) is 0 Å². The molecule has 0 aliphatic heterocycles. The molecule has 6 N–H and O–H groups in total. The third-order valence-corrected chi connectivity index (χ3v) is 0.201. The van der Waals surface area contributed by atoms with Crippen molar-refractivity contribution in [2.24, 2.45) is 11.7 Å². The zero-order chi connectivity index (χ0) is 5.86. The molecule has 0 aromatic rings. The normalized spacial score (nSPS) is 18.9. The molecule has 7 heavy (non-hydrogen) atoms. The van der Waals surface area contributed by atoms with Gasteiger partial charge >= 0.3 is 0 Å². The molecule has 0 aliphatic carbocycles. The number of nitrogens with two attached hydrogens (primary N) is 2. The van der Waals surface area contributed by atoms with E-state index in [9.17, 15) is 10.4 Å². The Bertz CT molecular complexity index is 36.2. The Morgan fingerprint density at radius 3 is 1.43 bits per heavy atom. The van der Waals surface area contributed by atoms with E-state index in [0.29, 0.717) is 0 Å². The molecule has 0 rings (SSSR count). The zero-order valence-corrected chi connectivity index (χ0v) is 3.38.